The van der Waals surface area contributed by atoms with Gasteiger partial charge in [-0.25, -0.2) is 0 Å². The van der Waals surface area contributed by atoms with Crippen molar-refractivity contribution >= 4 is 27.5 Å². The first-order valence-corrected chi connectivity index (χ1v) is 31.9. The Balaban J connectivity index is 0.00000171. The van der Waals surface area contributed by atoms with Crippen LogP contribution < -0.4 is 5.32 Å². The lowest BCUT2D eigenvalue weighted by molar-refractivity contribution is -0.121. The van der Waals surface area contributed by atoms with Crippen LogP contribution in [-0.4, -0.2) is 66.5 Å². The Labute approximate surface area is 435 Å². The molecular weight excluding hydrogens is 867 g/mol. The van der Waals surface area contributed by atoms with Crippen LogP contribution in [0.1, 0.15) is 274 Å². The predicted octanol–water partition coefficient (Wildman–Crippen LogP) is 19.9. The van der Waals surface area contributed by atoms with Gasteiger partial charge in [0.15, 0.2) is 0 Å². The average Bonchev–Trinajstić information content (AvgIpc) is 3.57. The smallest absolute Gasteiger partial charge is 0.220 e. The van der Waals surface area contributed by atoms with Crippen LogP contribution in [-0.2, 0) is 4.79 Å². The maximum atomic E-state index is 12.2. The molecule has 0 spiro atoms. The number of carbonyl (C=O) groups is 1. The van der Waals surface area contributed by atoms with Crippen molar-refractivity contribution in [2.24, 2.45) is 17.3 Å². The van der Waals surface area contributed by atoms with Gasteiger partial charge in [-0.3, -0.25) is 4.79 Å². The van der Waals surface area contributed by atoms with Crippen molar-refractivity contribution in [1.82, 2.24) is 15.1 Å². The number of nitrogens with zero attached hydrogens (tertiary/aromatic N) is 2. The quantitative estimate of drug-likeness (QED) is 0.0374. The SMILES string of the molecule is C=C(C)CN(CC(C)(C)C(C)CC(=C)CCCCCCCCCC)C(=C)CCCSSCCCC(=O)NCCN1CCCCCC1.C=C(CCC)CC(CCCCCCC)CCCCCCCC. The minimum absolute atomic E-state index is 0.171. The molecule has 1 fully saturated rings. The van der Waals surface area contributed by atoms with Crippen LogP contribution in [0.3, 0.4) is 0 Å². The molecule has 0 radical (unpaired) electrons. The van der Waals surface area contributed by atoms with Crippen LogP contribution in [0.15, 0.2) is 48.7 Å². The van der Waals surface area contributed by atoms with Crippen molar-refractivity contribution in [2.75, 3.05) is 50.8 Å². The Morgan fingerprint density at radius 2 is 1.09 bits per heavy atom. The summed E-state index contributed by atoms with van der Waals surface area (Å²) in [7, 11) is 3.85. The van der Waals surface area contributed by atoms with Crippen molar-refractivity contribution in [3.05, 3.63) is 48.7 Å². The molecule has 1 rings (SSSR count). The van der Waals surface area contributed by atoms with Gasteiger partial charge in [0, 0.05) is 49.8 Å². The van der Waals surface area contributed by atoms with E-state index >= 15 is 0 Å². The second-order valence-electron chi connectivity index (χ2n) is 22.2. The lowest BCUT2D eigenvalue weighted by Gasteiger charge is -2.39. The van der Waals surface area contributed by atoms with E-state index in [1.54, 1.807) is 0 Å². The first kappa shape index (κ1) is 66.9. The van der Waals surface area contributed by atoms with Crippen LogP contribution in [0.2, 0.25) is 0 Å². The van der Waals surface area contributed by atoms with Crippen molar-refractivity contribution in [3.8, 4) is 0 Å². The molecule has 0 aliphatic carbocycles. The lowest BCUT2D eigenvalue weighted by atomic mass is 9.75. The fraction of sp³-hybridized carbons (Fsp3) is 0.855. The molecule has 1 saturated heterocycles. The molecule has 4 nitrogen and oxygen atoms in total. The molecule has 400 valence electrons. The number of amides is 1. The van der Waals surface area contributed by atoms with Crippen molar-refractivity contribution in [3.63, 3.8) is 0 Å². The number of likely N-dealkylation sites (tertiary alicyclic amines) is 1. The van der Waals surface area contributed by atoms with E-state index in [0.717, 1.165) is 69.3 Å². The Hall–Kier alpha value is -1.11. The third-order valence-electron chi connectivity index (χ3n) is 14.5. The molecule has 1 N–H and O–H groups in total. The zero-order valence-corrected chi connectivity index (χ0v) is 48.9. The number of unbranched alkanes of at least 4 members (excludes halogenated alkanes) is 16. The van der Waals surface area contributed by atoms with Gasteiger partial charge in [0.25, 0.3) is 0 Å². The second-order valence-corrected chi connectivity index (χ2v) is 24.9. The molecular formula is C62H119N3OS2. The van der Waals surface area contributed by atoms with E-state index in [2.05, 4.69) is 96.8 Å². The van der Waals surface area contributed by atoms with E-state index < -0.39 is 0 Å². The highest BCUT2D eigenvalue weighted by Gasteiger charge is 2.29. The van der Waals surface area contributed by atoms with Crippen molar-refractivity contribution in [1.29, 1.82) is 0 Å². The molecule has 68 heavy (non-hydrogen) atoms. The zero-order valence-electron chi connectivity index (χ0n) is 47.3. The summed E-state index contributed by atoms with van der Waals surface area (Å²) in [5.74, 6) is 3.85. The molecule has 1 aliphatic heterocycles. The molecule has 0 aromatic carbocycles. The number of allylic oxidation sites excluding steroid dienone is 3. The number of nitrogens with one attached hydrogen (secondary N) is 1. The third-order valence-corrected chi connectivity index (χ3v) is 17.1. The van der Waals surface area contributed by atoms with Crippen LogP contribution in [0.5, 0.6) is 0 Å². The summed E-state index contributed by atoms with van der Waals surface area (Å²) in [4.78, 5) is 17.2. The average molecular weight is 987 g/mol. The summed E-state index contributed by atoms with van der Waals surface area (Å²) in [6, 6.07) is 0. The van der Waals surface area contributed by atoms with Gasteiger partial charge in [-0.2, -0.15) is 0 Å². The number of hydrogen-bond acceptors (Lipinski definition) is 5. The van der Waals surface area contributed by atoms with E-state index in [1.807, 2.05) is 21.6 Å². The summed E-state index contributed by atoms with van der Waals surface area (Å²) in [5.41, 5.74) is 5.54. The Morgan fingerprint density at radius 1 is 0.603 bits per heavy atom. The van der Waals surface area contributed by atoms with Gasteiger partial charge in [0.2, 0.25) is 5.91 Å². The molecule has 1 aliphatic rings. The standard InChI is InChI=1S/C40H75N3OS2.C22H44/c1-9-10-11-12-13-14-15-18-23-36(4)32-37(5)40(7,8)34-43(33-35(2)3)38(6)24-21-30-45-46-31-22-25-39(44)41-26-29-42-27-19-16-17-20-28-42;1-5-8-10-12-14-16-19-22(20-21(4)17-7-3)18-15-13-11-9-6-2/h37H,2,4,6,9-34H2,1,3,5,7-8H3,(H,41,44);22H,4-20H2,1-3H3. The zero-order chi connectivity index (χ0) is 50.5. The van der Waals surface area contributed by atoms with Crippen LogP contribution >= 0.6 is 21.6 Å². The maximum absolute atomic E-state index is 12.2. The summed E-state index contributed by atoms with van der Waals surface area (Å²) in [6.45, 7) is 42.1. The highest BCUT2D eigenvalue weighted by atomic mass is 33.1. The van der Waals surface area contributed by atoms with E-state index in [0.29, 0.717) is 12.3 Å². The number of rotatable bonds is 46. The largest absolute Gasteiger partial charge is 0.371 e. The highest BCUT2D eigenvalue weighted by Crippen LogP contribution is 2.35. The van der Waals surface area contributed by atoms with Gasteiger partial charge in [0.1, 0.15) is 0 Å². The van der Waals surface area contributed by atoms with Gasteiger partial charge in [-0.1, -0.05) is 261 Å². The van der Waals surface area contributed by atoms with Crippen molar-refractivity contribution in [2.45, 2.75) is 274 Å². The minimum Gasteiger partial charge on any atom is -0.371 e. The monoisotopic (exact) mass is 986 g/mol. The van der Waals surface area contributed by atoms with Gasteiger partial charge in [-0.05, 0) is 101 Å². The van der Waals surface area contributed by atoms with Gasteiger partial charge in [0.05, 0.1) is 0 Å². The van der Waals surface area contributed by atoms with E-state index in [1.165, 1.54) is 222 Å². The van der Waals surface area contributed by atoms with Crippen molar-refractivity contribution < 1.29 is 4.79 Å². The molecule has 1 amide bonds. The first-order valence-electron chi connectivity index (χ1n) is 29.4. The normalized spacial score (nSPS) is 14.1. The van der Waals surface area contributed by atoms with Gasteiger partial charge < -0.3 is 15.1 Å². The Bertz CT molecular complexity index is 1220. The van der Waals surface area contributed by atoms with E-state index in [9.17, 15) is 4.79 Å². The minimum atomic E-state index is 0.171. The summed E-state index contributed by atoms with van der Waals surface area (Å²) in [6.07, 6.45) is 44.7. The van der Waals surface area contributed by atoms with Crippen LogP contribution in [0, 0.1) is 17.3 Å². The lowest BCUT2D eigenvalue weighted by Crippen LogP contribution is -2.38. The maximum Gasteiger partial charge on any atom is 0.220 e. The highest BCUT2D eigenvalue weighted by molar-refractivity contribution is 8.76. The summed E-state index contributed by atoms with van der Waals surface area (Å²) < 4.78 is 0. The fourth-order valence-electron chi connectivity index (χ4n) is 9.74. The summed E-state index contributed by atoms with van der Waals surface area (Å²) in [5, 5.41) is 3.13. The summed E-state index contributed by atoms with van der Waals surface area (Å²) >= 11 is 0. The molecule has 2 atom stereocenters. The molecule has 0 aromatic rings. The van der Waals surface area contributed by atoms with Crippen LogP contribution in [0.25, 0.3) is 0 Å². The molecule has 2 unspecified atom stereocenters. The third kappa shape index (κ3) is 41.5. The molecule has 0 bridgehead atoms. The predicted molar refractivity (Wildman–Crippen MR) is 314 cm³/mol. The van der Waals surface area contributed by atoms with Gasteiger partial charge in [-0.15, -0.1) is 0 Å². The Kier molecular flexibility index (Phi) is 46.2. The number of hydrogen-bond donors (Lipinski definition) is 1. The fourth-order valence-corrected chi connectivity index (χ4v) is 11.9. The topological polar surface area (TPSA) is 35.6 Å². The Morgan fingerprint density at radius 3 is 1.60 bits per heavy atom. The molecule has 0 aromatic heterocycles. The van der Waals surface area contributed by atoms with E-state index in [4.69, 9.17) is 0 Å². The second kappa shape index (κ2) is 46.9. The first-order chi connectivity index (χ1) is 32.8. The molecule has 1 heterocycles. The molecule has 6 heteroatoms. The van der Waals surface area contributed by atoms with Gasteiger partial charge >= 0.3 is 0 Å². The molecule has 0 saturated carbocycles. The van der Waals surface area contributed by atoms with Crippen LogP contribution in [0.4, 0.5) is 0 Å². The van der Waals surface area contributed by atoms with E-state index in [-0.39, 0.29) is 11.3 Å². The number of carbonyl (C=O) groups excluding carboxylic acids is 1.